The number of rotatable bonds is 5. The van der Waals surface area contributed by atoms with Crippen LogP contribution >= 0.6 is 0 Å². The molecular formula is C22H27N3O2. The van der Waals surface area contributed by atoms with Gasteiger partial charge < -0.3 is 15.8 Å². The van der Waals surface area contributed by atoms with Gasteiger partial charge in [0.2, 0.25) is 5.91 Å². The van der Waals surface area contributed by atoms with Crippen molar-refractivity contribution >= 4 is 5.91 Å². The number of hydrogen-bond acceptors (Lipinski definition) is 4. The van der Waals surface area contributed by atoms with E-state index in [1.807, 2.05) is 12.1 Å². The third kappa shape index (κ3) is 3.11. The van der Waals surface area contributed by atoms with E-state index in [9.17, 15) is 4.79 Å². The summed E-state index contributed by atoms with van der Waals surface area (Å²) in [6, 6.07) is 16.6. The van der Waals surface area contributed by atoms with Crippen LogP contribution in [0.5, 0.6) is 5.75 Å². The van der Waals surface area contributed by atoms with Gasteiger partial charge in [-0.1, -0.05) is 36.4 Å². The predicted molar refractivity (Wildman–Crippen MR) is 106 cm³/mol. The van der Waals surface area contributed by atoms with E-state index in [0.717, 1.165) is 38.3 Å². The lowest BCUT2D eigenvalue weighted by Crippen LogP contribution is -2.64. The molecule has 2 aromatic carbocycles. The molecule has 142 valence electrons. The number of fused-ring (bicyclic) bond motifs is 1. The van der Waals surface area contributed by atoms with E-state index in [4.69, 9.17) is 10.5 Å². The van der Waals surface area contributed by atoms with E-state index in [1.165, 1.54) is 16.7 Å². The second kappa shape index (κ2) is 7.33. The minimum Gasteiger partial charge on any atom is -0.497 e. The average Bonchev–Trinajstić information content (AvgIpc) is 3.05. The highest BCUT2D eigenvalue weighted by atomic mass is 16.5. The van der Waals surface area contributed by atoms with Crippen LogP contribution in [0.15, 0.2) is 48.5 Å². The highest BCUT2D eigenvalue weighted by molar-refractivity contribution is 5.88. The first-order chi connectivity index (χ1) is 13.1. The summed E-state index contributed by atoms with van der Waals surface area (Å²) in [6.07, 6.45) is 1.48. The molecule has 1 fully saturated rings. The lowest BCUT2D eigenvalue weighted by Gasteiger charge is -2.45. The molecule has 2 aromatic rings. The molecule has 3 N–H and O–H groups in total. The van der Waals surface area contributed by atoms with Gasteiger partial charge in [0.15, 0.2) is 0 Å². The SMILES string of the molecule is COc1ccc(CC2c3ccccc3CC2(C(N)=O)N2CCNCC2)cc1. The summed E-state index contributed by atoms with van der Waals surface area (Å²) in [5, 5.41) is 3.39. The lowest BCUT2D eigenvalue weighted by atomic mass is 9.78. The van der Waals surface area contributed by atoms with Crippen LogP contribution in [-0.2, 0) is 17.6 Å². The van der Waals surface area contributed by atoms with Crippen molar-refractivity contribution in [1.82, 2.24) is 10.2 Å². The van der Waals surface area contributed by atoms with E-state index in [1.54, 1.807) is 7.11 Å². The number of nitrogens with zero attached hydrogens (tertiary/aromatic N) is 1. The fourth-order valence-electron chi connectivity index (χ4n) is 4.79. The Labute approximate surface area is 160 Å². The van der Waals surface area contributed by atoms with E-state index in [2.05, 4.69) is 46.6 Å². The number of nitrogens with one attached hydrogen (secondary N) is 1. The summed E-state index contributed by atoms with van der Waals surface area (Å²) in [6.45, 7) is 3.47. The molecular weight excluding hydrogens is 338 g/mol. The number of methoxy groups -OCH3 is 1. The van der Waals surface area contributed by atoms with Crippen molar-refractivity contribution in [2.24, 2.45) is 5.73 Å². The second-order valence-corrected chi connectivity index (χ2v) is 7.51. The maximum Gasteiger partial charge on any atom is 0.238 e. The van der Waals surface area contributed by atoms with Gasteiger partial charge in [0.05, 0.1) is 7.11 Å². The minimum absolute atomic E-state index is 0.0534. The van der Waals surface area contributed by atoms with Crippen LogP contribution in [0.3, 0.4) is 0 Å². The molecule has 1 heterocycles. The van der Waals surface area contributed by atoms with Crippen molar-refractivity contribution in [3.63, 3.8) is 0 Å². The minimum atomic E-state index is -0.661. The zero-order valence-corrected chi connectivity index (χ0v) is 15.8. The highest BCUT2D eigenvalue weighted by Gasteiger charge is 2.54. The smallest absolute Gasteiger partial charge is 0.238 e. The molecule has 2 aliphatic rings. The molecule has 0 radical (unpaired) electrons. The molecule has 0 aromatic heterocycles. The largest absolute Gasteiger partial charge is 0.497 e. The van der Waals surface area contributed by atoms with Gasteiger partial charge in [-0.05, 0) is 35.2 Å². The molecule has 1 aliphatic heterocycles. The first-order valence-electron chi connectivity index (χ1n) is 9.61. The van der Waals surface area contributed by atoms with Gasteiger partial charge in [-0.2, -0.15) is 0 Å². The Kier molecular flexibility index (Phi) is 4.89. The van der Waals surface area contributed by atoms with E-state index in [0.29, 0.717) is 6.42 Å². The summed E-state index contributed by atoms with van der Waals surface area (Å²) in [4.78, 5) is 15.3. The Balaban J connectivity index is 1.75. The summed E-state index contributed by atoms with van der Waals surface area (Å²) in [5.74, 6) is 0.686. The van der Waals surface area contributed by atoms with Crippen molar-refractivity contribution in [1.29, 1.82) is 0 Å². The maximum absolute atomic E-state index is 12.9. The van der Waals surface area contributed by atoms with Crippen LogP contribution in [-0.4, -0.2) is 49.6 Å². The first-order valence-corrected chi connectivity index (χ1v) is 9.61. The lowest BCUT2D eigenvalue weighted by molar-refractivity contribution is -0.132. The van der Waals surface area contributed by atoms with E-state index < -0.39 is 5.54 Å². The van der Waals surface area contributed by atoms with Crippen LogP contribution in [0.2, 0.25) is 0 Å². The number of benzene rings is 2. The van der Waals surface area contributed by atoms with Crippen molar-refractivity contribution in [3.05, 3.63) is 65.2 Å². The number of carbonyl (C=O) groups is 1. The fraction of sp³-hybridized carbons (Fsp3) is 0.409. The molecule has 5 nitrogen and oxygen atoms in total. The predicted octanol–water partition coefficient (Wildman–Crippen LogP) is 1.71. The van der Waals surface area contributed by atoms with Crippen LogP contribution in [0, 0.1) is 0 Å². The monoisotopic (exact) mass is 365 g/mol. The van der Waals surface area contributed by atoms with Crippen LogP contribution in [0.1, 0.15) is 22.6 Å². The van der Waals surface area contributed by atoms with Gasteiger partial charge in [0.1, 0.15) is 11.3 Å². The number of amides is 1. The fourth-order valence-corrected chi connectivity index (χ4v) is 4.79. The Morgan fingerprint density at radius 2 is 1.89 bits per heavy atom. The summed E-state index contributed by atoms with van der Waals surface area (Å²) in [7, 11) is 1.67. The molecule has 27 heavy (non-hydrogen) atoms. The quantitative estimate of drug-likeness (QED) is 0.846. The second-order valence-electron chi connectivity index (χ2n) is 7.51. The number of primary amides is 1. The number of hydrogen-bond donors (Lipinski definition) is 2. The molecule has 1 amide bonds. The first kappa shape index (κ1) is 18.0. The molecule has 2 atom stereocenters. The van der Waals surface area contributed by atoms with Crippen molar-refractivity contribution < 1.29 is 9.53 Å². The van der Waals surface area contributed by atoms with Crippen molar-refractivity contribution in [3.8, 4) is 5.75 Å². The molecule has 0 spiro atoms. The summed E-state index contributed by atoms with van der Waals surface area (Å²) < 4.78 is 5.28. The van der Waals surface area contributed by atoms with Crippen molar-refractivity contribution in [2.45, 2.75) is 24.3 Å². The molecule has 0 saturated carbocycles. The molecule has 4 rings (SSSR count). The normalized spacial score (nSPS) is 25.1. The number of ether oxygens (including phenoxy) is 1. The third-order valence-corrected chi connectivity index (χ3v) is 6.17. The van der Waals surface area contributed by atoms with Gasteiger partial charge in [-0.3, -0.25) is 9.69 Å². The van der Waals surface area contributed by atoms with Crippen LogP contribution < -0.4 is 15.8 Å². The van der Waals surface area contributed by atoms with Gasteiger partial charge in [0, 0.05) is 38.5 Å². The van der Waals surface area contributed by atoms with Gasteiger partial charge in [-0.25, -0.2) is 0 Å². The Bertz CT molecular complexity index is 815. The standard InChI is InChI=1S/C22H27N3O2/c1-27-18-8-6-16(7-9-18)14-20-19-5-3-2-4-17(19)15-22(20,21(23)26)25-12-10-24-11-13-25/h2-9,20,24H,10-15H2,1H3,(H2,23,26). The van der Waals surface area contributed by atoms with Gasteiger partial charge in [0.25, 0.3) is 0 Å². The van der Waals surface area contributed by atoms with E-state index >= 15 is 0 Å². The summed E-state index contributed by atoms with van der Waals surface area (Å²) in [5.41, 5.74) is 9.14. The Hall–Kier alpha value is -2.37. The van der Waals surface area contributed by atoms with Crippen LogP contribution in [0.4, 0.5) is 0 Å². The third-order valence-electron chi connectivity index (χ3n) is 6.17. The topological polar surface area (TPSA) is 67.6 Å². The average molecular weight is 365 g/mol. The summed E-state index contributed by atoms with van der Waals surface area (Å²) >= 11 is 0. The zero-order valence-electron chi connectivity index (χ0n) is 15.8. The molecule has 1 aliphatic carbocycles. The molecule has 5 heteroatoms. The number of nitrogens with two attached hydrogens (primary N) is 1. The maximum atomic E-state index is 12.9. The molecule has 0 bridgehead atoms. The van der Waals surface area contributed by atoms with Crippen LogP contribution in [0.25, 0.3) is 0 Å². The molecule has 2 unspecified atom stereocenters. The van der Waals surface area contributed by atoms with E-state index in [-0.39, 0.29) is 11.8 Å². The Morgan fingerprint density at radius 3 is 2.56 bits per heavy atom. The molecule has 1 saturated heterocycles. The van der Waals surface area contributed by atoms with Crippen molar-refractivity contribution in [2.75, 3.05) is 33.3 Å². The van der Waals surface area contributed by atoms with Gasteiger partial charge in [-0.15, -0.1) is 0 Å². The number of carbonyl (C=O) groups excluding carboxylic acids is 1. The highest BCUT2D eigenvalue weighted by Crippen LogP contribution is 2.46. The number of piperazine rings is 1. The zero-order chi connectivity index (χ0) is 18.9. The Morgan fingerprint density at radius 1 is 1.19 bits per heavy atom. The van der Waals surface area contributed by atoms with Gasteiger partial charge >= 0.3 is 0 Å².